The summed E-state index contributed by atoms with van der Waals surface area (Å²) in [7, 11) is 2.46. The molecule has 0 saturated heterocycles. The number of amides is 1. The first-order valence-electron chi connectivity index (χ1n) is 12.2. The third-order valence-electron chi connectivity index (χ3n) is 5.82. The van der Waals surface area contributed by atoms with E-state index >= 15 is 0 Å². The number of hydrogen-bond donors (Lipinski definition) is 2. The first-order chi connectivity index (χ1) is 21.9. The molecule has 0 bridgehead atoms. The van der Waals surface area contributed by atoms with E-state index < -0.39 is 97.8 Å². The minimum atomic E-state index is -8.78. The molecule has 31 heteroatoms. The summed E-state index contributed by atoms with van der Waals surface area (Å²) in [5.41, 5.74) is 0. The summed E-state index contributed by atoms with van der Waals surface area (Å²) in [6, 6.07) is 0. The number of carboxylic acids is 1. The van der Waals surface area contributed by atoms with E-state index in [1.807, 2.05) is 4.74 Å². The van der Waals surface area contributed by atoms with Crippen LogP contribution in [-0.4, -0.2) is 122 Å². The molecular weight excluding hydrogens is 801 g/mol. The van der Waals surface area contributed by atoms with Gasteiger partial charge in [-0.1, -0.05) is 0 Å². The number of quaternary nitrogens is 1. The summed E-state index contributed by atoms with van der Waals surface area (Å²) >= 11 is 0. The normalized spacial score (nSPS) is 18.5. The van der Waals surface area contributed by atoms with Crippen LogP contribution in [0.4, 0.5) is 101 Å². The Balaban J connectivity index is 6.91. The third-order valence-corrected chi connectivity index (χ3v) is 5.82. The number of alkyl halides is 23. The molecule has 2 N–H and O–H groups in total. The van der Waals surface area contributed by atoms with E-state index in [1.165, 1.54) is 18.8 Å². The molecule has 0 saturated carbocycles. The maximum atomic E-state index is 14.6. The van der Waals surface area contributed by atoms with Crippen LogP contribution in [0.3, 0.4) is 0 Å². The molecule has 0 aromatic rings. The molecule has 0 aromatic heterocycles. The van der Waals surface area contributed by atoms with Crippen molar-refractivity contribution in [3.8, 4) is 0 Å². The number of ether oxygens (including phenoxy) is 3. The van der Waals surface area contributed by atoms with Gasteiger partial charge in [0, 0.05) is 13.0 Å². The predicted molar refractivity (Wildman–Crippen MR) is 111 cm³/mol. The van der Waals surface area contributed by atoms with Crippen LogP contribution in [0, 0.1) is 0 Å². The molecule has 51 heavy (non-hydrogen) atoms. The standard InChI is InChI=1S/C20H17F23N2O6/c1-45(2,7-4-8(46)47)6-3-5-44-9(48)10(21,14(26,27)28)49-19(40,41)12(24,16(32,33)34)51-20(42,43)13(25,17(35,36)37)50-18(38,39)11(22,23)15(29,30)31/h3-7H2,1-2H3,(H-,44,46,47,48)/p+1. The Morgan fingerprint density at radius 1 is 0.549 bits per heavy atom. The number of carboxylic acid groups (broad SMARTS) is 1. The van der Waals surface area contributed by atoms with Crippen LogP contribution in [0.25, 0.3) is 0 Å². The third kappa shape index (κ3) is 9.99. The van der Waals surface area contributed by atoms with Gasteiger partial charge in [0.2, 0.25) is 0 Å². The van der Waals surface area contributed by atoms with E-state index in [9.17, 15) is 111 Å². The van der Waals surface area contributed by atoms with Crippen molar-refractivity contribution in [2.24, 2.45) is 0 Å². The van der Waals surface area contributed by atoms with Crippen molar-refractivity contribution in [3.63, 3.8) is 0 Å². The molecule has 3 atom stereocenters. The van der Waals surface area contributed by atoms with Gasteiger partial charge in [-0.25, -0.2) is 0 Å². The Morgan fingerprint density at radius 3 is 1.25 bits per heavy atom. The SMILES string of the molecule is C[N+](C)(CCCNC(=O)C(F)(OC(F)(F)C(F)(OC(F)(F)C(F)(OC(F)(F)C(F)(F)C(F)(F)F)C(F)(F)F)C(F)(F)F)C(F)(F)F)CCC(=O)O. The zero-order valence-corrected chi connectivity index (χ0v) is 24.2. The fraction of sp³-hybridized carbons (Fsp3) is 0.900. The number of nitrogens with zero attached hydrogens (tertiary/aromatic N) is 1. The predicted octanol–water partition coefficient (Wildman–Crippen LogP) is 6.75. The van der Waals surface area contributed by atoms with E-state index in [-0.39, 0.29) is 17.6 Å². The van der Waals surface area contributed by atoms with Gasteiger partial charge in [-0.3, -0.25) is 23.8 Å². The number of hydrogen-bond acceptors (Lipinski definition) is 5. The van der Waals surface area contributed by atoms with Crippen LogP contribution in [0.2, 0.25) is 0 Å². The Bertz CT molecular complexity index is 1230. The molecule has 0 rings (SSSR count). The van der Waals surface area contributed by atoms with Crippen LogP contribution in [0.15, 0.2) is 0 Å². The topological polar surface area (TPSA) is 94.1 Å². The van der Waals surface area contributed by atoms with E-state index in [0.717, 1.165) is 10.1 Å². The summed E-state index contributed by atoms with van der Waals surface area (Å²) in [5.74, 6) is -37.8. The number of rotatable bonds is 17. The largest absolute Gasteiger partial charge is 0.481 e. The molecule has 0 aromatic carbocycles. The molecule has 0 fully saturated rings. The van der Waals surface area contributed by atoms with Crippen molar-refractivity contribution in [1.29, 1.82) is 0 Å². The van der Waals surface area contributed by atoms with Crippen LogP contribution < -0.4 is 5.32 Å². The van der Waals surface area contributed by atoms with E-state index in [1.54, 1.807) is 0 Å². The molecule has 304 valence electrons. The first kappa shape index (κ1) is 48.2. The van der Waals surface area contributed by atoms with E-state index in [4.69, 9.17) is 5.11 Å². The zero-order chi connectivity index (χ0) is 41.5. The van der Waals surface area contributed by atoms with Crippen LogP contribution >= 0.6 is 0 Å². The number of aliphatic carboxylic acids is 1. The van der Waals surface area contributed by atoms with Crippen LogP contribution in [0.5, 0.6) is 0 Å². The van der Waals surface area contributed by atoms with E-state index in [2.05, 4.69) is 0 Å². The minimum Gasteiger partial charge on any atom is -0.481 e. The Hall–Kier alpha value is -2.83. The van der Waals surface area contributed by atoms with Gasteiger partial charge in [0.05, 0.1) is 33.6 Å². The van der Waals surface area contributed by atoms with Gasteiger partial charge in [-0.05, 0) is 0 Å². The average Bonchev–Trinajstić information content (AvgIpc) is 2.86. The molecule has 0 spiro atoms. The van der Waals surface area contributed by atoms with Crippen molar-refractivity contribution in [2.75, 3.05) is 33.7 Å². The average molecular weight is 819 g/mol. The molecular formula is C20H18F23N2O6+. The van der Waals surface area contributed by atoms with Gasteiger partial charge in [0.15, 0.2) is 0 Å². The second-order valence-corrected chi connectivity index (χ2v) is 10.3. The fourth-order valence-corrected chi connectivity index (χ4v) is 3.02. The van der Waals surface area contributed by atoms with Gasteiger partial charge in [-0.15, -0.1) is 0 Å². The highest BCUT2D eigenvalue weighted by Gasteiger charge is 2.88. The smallest absolute Gasteiger partial charge is 0.462 e. The van der Waals surface area contributed by atoms with E-state index in [0.29, 0.717) is 0 Å². The highest BCUT2D eigenvalue weighted by atomic mass is 19.4. The second kappa shape index (κ2) is 14.2. The zero-order valence-electron chi connectivity index (χ0n) is 24.2. The number of carbonyl (C=O) groups excluding carboxylic acids is 1. The monoisotopic (exact) mass is 819 g/mol. The maximum absolute atomic E-state index is 14.6. The van der Waals surface area contributed by atoms with Crippen molar-refractivity contribution in [3.05, 3.63) is 0 Å². The molecule has 0 radical (unpaired) electrons. The fourth-order valence-electron chi connectivity index (χ4n) is 3.02. The van der Waals surface area contributed by atoms with Gasteiger partial charge < -0.3 is 14.9 Å². The first-order valence-corrected chi connectivity index (χ1v) is 12.2. The van der Waals surface area contributed by atoms with Crippen molar-refractivity contribution in [2.45, 2.75) is 79.4 Å². The lowest BCUT2D eigenvalue weighted by atomic mass is 10.2. The molecule has 8 nitrogen and oxygen atoms in total. The summed E-state index contributed by atoms with van der Waals surface area (Å²) in [5, 5.41) is 9.36. The molecule has 0 aliphatic rings. The lowest BCUT2D eigenvalue weighted by Gasteiger charge is -2.42. The highest BCUT2D eigenvalue weighted by molar-refractivity contribution is 5.84. The van der Waals surface area contributed by atoms with Gasteiger partial charge in [0.1, 0.15) is 0 Å². The van der Waals surface area contributed by atoms with Crippen molar-refractivity contribution >= 4 is 11.9 Å². The molecule has 3 unspecified atom stereocenters. The summed E-state index contributed by atoms with van der Waals surface area (Å²) in [6.07, 6.45) is -59.0. The minimum absolute atomic E-state index is 0.253. The molecule has 0 aliphatic carbocycles. The Kier molecular flexibility index (Phi) is 13.4. The van der Waals surface area contributed by atoms with Crippen molar-refractivity contribution in [1.82, 2.24) is 5.32 Å². The number of halogens is 23. The van der Waals surface area contributed by atoms with Gasteiger partial charge in [-0.2, -0.15) is 101 Å². The highest BCUT2D eigenvalue weighted by Crippen LogP contribution is 2.59. The summed E-state index contributed by atoms with van der Waals surface area (Å²) < 4.78 is 312. The van der Waals surface area contributed by atoms with Crippen molar-refractivity contribution < 1.29 is 134 Å². The lowest BCUT2D eigenvalue weighted by molar-refractivity contribution is -0.889. The van der Waals surface area contributed by atoms with Gasteiger partial charge >= 0.3 is 72.5 Å². The second-order valence-electron chi connectivity index (χ2n) is 10.3. The maximum Gasteiger partial charge on any atom is 0.462 e. The number of nitrogens with one attached hydrogen (secondary N) is 1. The Labute approximate surface area is 265 Å². The molecule has 0 heterocycles. The van der Waals surface area contributed by atoms with Crippen LogP contribution in [-0.2, 0) is 23.8 Å². The quantitative estimate of drug-likeness (QED) is 0.0959. The molecule has 1 amide bonds. The lowest BCUT2D eigenvalue weighted by Crippen LogP contribution is -2.71. The summed E-state index contributed by atoms with van der Waals surface area (Å²) in [6.45, 7) is -1.99. The summed E-state index contributed by atoms with van der Waals surface area (Å²) in [4.78, 5) is 22.4. The van der Waals surface area contributed by atoms with Gasteiger partial charge in [0.25, 0.3) is 5.91 Å². The van der Waals surface area contributed by atoms with Crippen LogP contribution in [0.1, 0.15) is 12.8 Å². The number of carbonyl (C=O) groups is 2. The Morgan fingerprint density at radius 2 is 0.922 bits per heavy atom. The molecule has 0 aliphatic heterocycles.